The summed E-state index contributed by atoms with van der Waals surface area (Å²) in [6, 6.07) is 10.7. The molecule has 0 bridgehead atoms. The van der Waals surface area contributed by atoms with Crippen LogP contribution in [0.2, 0.25) is 0 Å². The van der Waals surface area contributed by atoms with Crippen molar-refractivity contribution in [3.05, 3.63) is 65.5 Å². The summed E-state index contributed by atoms with van der Waals surface area (Å²) >= 11 is 0. The second-order valence-corrected chi connectivity index (χ2v) is 9.34. The molecule has 1 unspecified atom stereocenters. The molecule has 0 heterocycles. The summed E-state index contributed by atoms with van der Waals surface area (Å²) in [5, 5.41) is 0. The smallest absolute Gasteiger partial charge is 0.216 e. The van der Waals surface area contributed by atoms with E-state index in [1.807, 2.05) is 0 Å². The normalized spacial score (nSPS) is 13.6. The zero-order valence-corrected chi connectivity index (χ0v) is 14.9. The van der Waals surface area contributed by atoms with Crippen molar-refractivity contribution in [1.29, 1.82) is 0 Å². The minimum Gasteiger partial charge on any atom is -0.224 e. The third kappa shape index (κ3) is 5.12. The van der Waals surface area contributed by atoms with Crippen molar-refractivity contribution >= 4 is 19.9 Å². The van der Waals surface area contributed by atoms with Crippen LogP contribution in [0.4, 0.5) is 4.39 Å². The topological polar surface area (TPSA) is 80.3 Å². The Balaban J connectivity index is 2.10. The van der Waals surface area contributed by atoms with Gasteiger partial charge in [-0.3, -0.25) is 0 Å². The van der Waals surface area contributed by atoms with Crippen LogP contribution in [0.1, 0.15) is 24.1 Å². The number of benzene rings is 2. The maximum Gasteiger partial charge on any atom is 0.216 e. The summed E-state index contributed by atoms with van der Waals surface area (Å²) < 4.78 is 62.6. The van der Waals surface area contributed by atoms with E-state index < -0.39 is 31.7 Å². The van der Waals surface area contributed by atoms with E-state index in [-0.39, 0.29) is 10.6 Å². The molecule has 0 radical (unpaired) electrons. The van der Waals surface area contributed by atoms with Crippen LogP contribution in [-0.2, 0) is 25.6 Å². The van der Waals surface area contributed by atoms with Crippen molar-refractivity contribution in [2.75, 3.05) is 6.26 Å². The molecular formula is C16H18FNO4S2. The molecule has 2 rings (SSSR count). The fraction of sp³-hybridized carbons (Fsp3) is 0.250. The molecule has 130 valence electrons. The van der Waals surface area contributed by atoms with E-state index in [1.165, 1.54) is 36.4 Å². The maximum absolute atomic E-state index is 12.9. The molecular weight excluding hydrogens is 353 g/mol. The van der Waals surface area contributed by atoms with Gasteiger partial charge in [-0.15, -0.1) is 0 Å². The number of hydrogen-bond donors (Lipinski definition) is 1. The van der Waals surface area contributed by atoms with Crippen molar-refractivity contribution in [2.24, 2.45) is 0 Å². The Hall–Kier alpha value is -1.77. The van der Waals surface area contributed by atoms with Crippen LogP contribution in [0.5, 0.6) is 0 Å². The van der Waals surface area contributed by atoms with Gasteiger partial charge in [0.05, 0.1) is 10.6 Å². The lowest BCUT2D eigenvalue weighted by molar-refractivity contribution is 0.565. The molecule has 2 aromatic rings. The Morgan fingerprint density at radius 2 is 1.50 bits per heavy atom. The minimum atomic E-state index is -3.62. The van der Waals surface area contributed by atoms with E-state index in [9.17, 15) is 21.2 Å². The zero-order chi connectivity index (χ0) is 18.0. The molecule has 0 aliphatic carbocycles. The molecule has 8 heteroatoms. The molecule has 1 atom stereocenters. The lowest BCUT2D eigenvalue weighted by Crippen LogP contribution is -2.28. The Bertz CT molecular complexity index is 906. The van der Waals surface area contributed by atoms with E-state index in [0.717, 1.165) is 6.26 Å². The van der Waals surface area contributed by atoms with Crippen molar-refractivity contribution < 1.29 is 21.2 Å². The van der Waals surface area contributed by atoms with Gasteiger partial charge >= 0.3 is 0 Å². The second kappa shape index (κ2) is 7.00. The fourth-order valence-electron chi connectivity index (χ4n) is 2.18. The fourth-order valence-corrected chi connectivity index (χ4v) is 4.20. The molecule has 0 aliphatic heterocycles. The molecule has 5 nitrogen and oxygen atoms in total. The van der Waals surface area contributed by atoms with Gasteiger partial charge in [0.1, 0.15) is 5.82 Å². The third-order valence-corrected chi connectivity index (χ3v) is 5.99. The molecule has 0 saturated heterocycles. The summed E-state index contributed by atoms with van der Waals surface area (Å²) in [6.45, 7) is 1.66. The number of nitrogens with one attached hydrogen (secondary N) is 1. The molecule has 0 amide bonds. The standard InChI is InChI=1S/C16H18FNO4S2/c1-12(14-5-9-16(10-6-14)23(2,19)20)18-24(21,22)11-13-3-7-15(17)8-4-13/h3-10,12,18H,11H2,1-2H3. The summed E-state index contributed by atoms with van der Waals surface area (Å²) in [7, 11) is -6.92. The van der Waals surface area contributed by atoms with E-state index in [2.05, 4.69) is 4.72 Å². The largest absolute Gasteiger partial charge is 0.224 e. The van der Waals surface area contributed by atoms with Gasteiger partial charge in [0.15, 0.2) is 9.84 Å². The Labute approximate surface area is 141 Å². The first-order valence-electron chi connectivity index (χ1n) is 7.11. The van der Waals surface area contributed by atoms with Crippen LogP contribution in [0.15, 0.2) is 53.4 Å². The highest BCUT2D eigenvalue weighted by molar-refractivity contribution is 7.90. The van der Waals surface area contributed by atoms with Crippen molar-refractivity contribution in [2.45, 2.75) is 23.6 Å². The Morgan fingerprint density at radius 1 is 0.958 bits per heavy atom. The van der Waals surface area contributed by atoms with E-state index in [4.69, 9.17) is 0 Å². The lowest BCUT2D eigenvalue weighted by Gasteiger charge is -2.15. The molecule has 0 aliphatic rings. The predicted molar refractivity (Wildman–Crippen MR) is 90.1 cm³/mol. The first-order valence-corrected chi connectivity index (χ1v) is 10.7. The molecule has 0 fully saturated rings. The van der Waals surface area contributed by atoms with Gasteiger partial charge in [0.25, 0.3) is 0 Å². The maximum atomic E-state index is 12.9. The quantitative estimate of drug-likeness (QED) is 0.846. The average molecular weight is 371 g/mol. The lowest BCUT2D eigenvalue weighted by atomic mass is 10.1. The van der Waals surface area contributed by atoms with E-state index in [1.54, 1.807) is 19.1 Å². The number of rotatable bonds is 6. The number of sulfonamides is 1. The van der Waals surface area contributed by atoms with Gasteiger partial charge in [-0.05, 0) is 42.3 Å². The van der Waals surface area contributed by atoms with E-state index in [0.29, 0.717) is 11.1 Å². The highest BCUT2D eigenvalue weighted by Crippen LogP contribution is 2.18. The first kappa shape index (κ1) is 18.6. The number of hydrogen-bond acceptors (Lipinski definition) is 4. The van der Waals surface area contributed by atoms with Gasteiger partial charge in [0.2, 0.25) is 10.0 Å². The minimum absolute atomic E-state index is 0.174. The summed E-state index contributed by atoms with van der Waals surface area (Å²) in [6.07, 6.45) is 1.11. The van der Waals surface area contributed by atoms with Crippen LogP contribution in [0.25, 0.3) is 0 Å². The number of sulfone groups is 1. The molecule has 24 heavy (non-hydrogen) atoms. The van der Waals surface area contributed by atoms with Gasteiger partial charge in [-0.1, -0.05) is 24.3 Å². The summed E-state index contributed by atoms with van der Waals surface area (Å²) in [4.78, 5) is 0.174. The van der Waals surface area contributed by atoms with Crippen LogP contribution >= 0.6 is 0 Å². The first-order chi connectivity index (χ1) is 11.1. The van der Waals surface area contributed by atoms with Crippen LogP contribution < -0.4 is 4.72 Å². The second-order valence-electron chi connectivity index (χ2n) is 5.57. The predicted octanol–water partition coefficient (Wildman–Crippen LogP) is 2.41. The molecule has 2 aromatic carbocycles. The zero-order valence-electron chi connectivity index (χ0n) is 13.2. The molecule has 1 N–H and O–H groups in total. The third-order valence-electron chi connectivity index (χ3n) is 3.43. The van der Waals surface area contributed by atoms with Gasteiger partial charge in [-0.2, -0.15) is 0 Å². The summed E-state index contributed by atoms with van der Waals surface area (Å²) in [5.74, 6) is -0.692. The molecule has 0 spiro atoms. The average Bonchev–Trinajstić information content (AvgIpc) is 2.48. The Kier molecular flexibility index (Phi) is 5.42. The number of halogens is 1. The van der Waals surface area contributed by atoms with Crippen molar-refractivity contribution in [1.82, 2.24) is 4.72 Å². The molecule has 0 saturated carbocycles. The van der Waals surface area contributed by atoms with Gasteiger partial charge < -0.3 is 0 Å². The van der Waals surface area contributed by atoms with Gasteiger partial charge in [-0.25, -0.2) is 25.9 Å². The van der Waals surface area contributed by atoms with Crippen LogP contribution in [0, 0.1) is 5.82 Å². The van der Waals surface area contributed by atoms with Crippen molar-refractivity contribution in [3.63, 3.8) is 0 Å². The highest BCUT2D eigenvalue weighted by atomic mass is 32.2. The molecule has 0 aromatic heterocycles. The van der Waals surface area contributed by atoms with Crippen molar-refractivity contribution in [3.8, 4) is 0 Å². The van der Waals surface area contributed by atoms with E-state index >= 15 is 0 Å². The monoisotopic (exact) mass is 371 g/mol. The Morgan fingerprint density at radius 3 is 2.00 bits per heavy atom. The van der Waals surface area contributed by atoms with Gasteiger partial charge in [0, 0.05) is 12.3 Å². The summed E-state index contributed by atoms with van der Waals surface area (Å²) in [5.41, 5.74) is 1.12. The SMILES string of the molecule is CC(NS(=O)(=O)Cc1ccc(F)cc1)c1ccc(S(C)(=O)=O)cc1. The van der Waals surface area contributed by atoms with Crippen LogP contribution in [-0.4, -0.2) is 23.1 Å². The van der Waals surface area contributed by atoms with Crippen LogP contribution in [0.3, 0.4) is 0 Å². The highest BCUT2D eigenvalue weighted by Gasteiger charge is 2.17.